The quantitative estimate of drug-likeness (QED) is 0.290. The summed E-state index contributed by atoms with van der Waals surface area (Å²) in [5.74, 6) is -0.849. The number of nitrogens with zero attached hydrogens (tertiary/aromatic N) is 1. The maximum atomic E-state index is 12.2. The van der Waals surface area contributed by atoms with Gasteiger partial charge in [-0.1, -0.05) is 31.2 Å². The Hall–Kier alpha value is -0.0206. The molecule has 0 radical (unpaired) electrons. The molecular formula is C19H28Gd2N4O3-2. The van der Waals surface area contributed by atoms with Gasteiger partial charge in [-0.3, -0.25) is 9.69 Å². The van der Waals surface area contributed by atoms with E-state index in [1.807, 2.05) is 17.0 Å². The minimum Gasteiger partial charge on any atom is -0.380 e. The Morgan fingerprint density at radius 1 is 0.857 bits per heavy atom. The first kappa shape index (κ1) is 30.2. The molecule has 0 unspecified atom stereocenters. The summed E-state index contributed by atoms with van der Waals surface area (Å²) in [6.45, 7) is 10.9. The largest absolute Gasteiger partial charge is 0.380 e. The van der Waals surface area contributed by atoms with Gasteiger partial charge in [0.25, 0.3) is 0 Å². The Kier molecular flexibility index (Phi) is 19.2. The van der Waals surface area contributed by atoms with Crippen LogP contribution in [0.2, 0.25) is 0 Å². The smallest absolute Gasteiger partial charge is 0.234 e. The summed E-state index contributed by atoms with van der Waals surface area (Å²) in [5, 5.41) is 8.07. The molecule has 0 heterocycles. The van der Waals surface area contributed by atoms with E-state index in [2.05, 4.69) is 48.9 Å². The normalized spacial score (nSPS) is 9.64. The third-order valence-electron chi connectivity index (χ3n) is 3.79. The number of nitrogens with one attached hydrogen (secondary N) is 3. The van der Waals surface area contributed by atoms with Crippen LogP contribution in [-0.2, 0) is 27.3 Å². The molecule has 0 aromatic heterocycles. The third-order valence-corrected chi connectivity index (χ3v) is 3.79. The summed E-state index contributed by atoms with van der Waals surface area (Å²) in [4.78, 5) is 35.8. The van der Waals surface area contributed by atoms with Gasteiger partial charge in [0.15, 0.2) is 0 Å². The van der Waals surface area contributed by atoms with Crippen LogP contribution in [0.4, 0.5) is 0 Å². The first-order valence-electron chi connectivity index (χ1n) is 8.67. The Labute approximate surface area is 231 Å². The van der Waals surface area contributed by atoms with Gasteiger partial charge >= 0.3 is 0 Å². The van der Waals surface area contributed by atoms with E-state index >= 15 is 0 Å². The Balaban J connectivity index is 0. The molecule has 0 spiro atoms. The van der Waals surface area contributed by atoms with E-state index in [1.165, 1.54) is 5.56 Å². The molecule has 0 aliphatic carbocycles. The molecule has 0 fully saturated rings. The molecule has 0 saturated carbocycles. The average molecular weight is 675 g/mol. The molecule has 160 valence electrons. The number of carbonyl (C=O) groups is 3. The van der Waals surface area contributed by atoms with Crippen LogP contribution in [0.3, 0.4) is 0 Å². The van der Waals surface area contributed by atoms with Gasteiger partial charge in [0.1, 0.15) is 0 Å². The molecule has 7 nitrogen and oxygen atoms in total. The van der Waals surface area contributed by atoms with Gasteiger partial charge in [-0.2, -0.15) is 0 Å². The maximum Gasteiger partial charge on any atom is 0.234 e. The van der Waals surface area contributed by atoms with Gasteiger partial charge in [-0.05, 0) is 17.5 Å². The molecule has 3 N–H and O–H groups in total. The van der Waals surface area contributed by atoms with Crippen LogP contribution in [0.1, 0.15) is 18.1 Å². The van der Waals surface area contributed by atoms with Gasteiger partial charge in [-0.25, -0.2) is 0 Å². The monoisotopic (exact) mass is 676 g/mol. The predicted molar refractivity (Wildman–Crippen MR) is 101 cm³/mol. The molecular weight excluding hydrogens is 647 g/mol. The number of rotatable bonds is 11. The fourth-order valence-electron chi connectivity index (χ4n) is 2.33. The number of hydrogen-bond donors (Lipinski definition) is 3. The molecule has 0 bridgehead atoms. The number of aryl methyl sites for hydroxylation is 1. The first-order chi connectivity index (χ1) is 12.4. The molecule has 0 aliphatic heterocycles. The first-order valence-corrected chi connectivity index (χ1v) is 8.67. The molecule has 1 rings (SSSR count). The molecule has 1 aromatic rings. The van der Waals surface area contributed by atoms with E-state index in [-0.39, 0.29) is 104 Å². The minimum atomic E-state index is -0.365. The Morgan fingerprint density at radius 2 is 1.32 bits per heavy atom. The Bertz CT molecular complexity index is 577. The number of carbonyl (C=O) groups excluding carboxylic acids is 3. The van der Waals surface area contributed by atoms with Gasteiger partial charge in [0.2, 0.25) is 5.91 Å². The summed E-state index contributed by atoms with van der Waals surface area (Å²) >= 11 is 0. The summed E-state index contributed by atoms with van der Waals surface area (Å²) < 4.78 is 0. The second kappa shape index (κ2) is 17.8. The fraction of sp³-hybridized carbons (Fsp3) is 0.421. The van der Waals surface area contributed by atoms with Crippen LogP contribution in [0.5, 0.6) is 0 Å². The SMILES string of the molecule is [CH2-]C(=O)NCCN(CCNC([CH2-])=O)CC(=O)NCc1ccc(CC)cc1.[Gd].[Gd]. The zero-order chi connectivity index (χ0) is 19.4. The predicted octanol–water partition coefficient (Wildman–Crippen LogP) is 0.0678. The van der Waals surface area contributed by atoms with E-state index in [4.69, 9.17) is 0 Å². The van der Waals surface area contributed by atoms with E-state index in [1.54, 1.807) is 0 Å². The Morgan fingerprint density at radius 3 is 1.75 bits per heavy atom. The third kappa shape index (κ3) is 14.9. The summed E-state index contributed by atoms with van der Waals surface area (Å²) in [6, 6.07) is 8.11. The summed E-state index contributed by atoms with van der Waals surface area (Å²) in [5.41, 5.74) is 2.29. The number of hydrogen-bond acceptors (Lipinski definition) is 4. The van der Waals surface area contributed by atoms with Crippen LogP contribution >= 0.6 is 0 Å². The van der Waals surface area contributed by atoms with Crippen LogP contribution < -0.4 is 16.0 Å². The van der Waals surface area contributed by atoms with Crippen molar-refractivity contribution < 1.29 is 94.3 Å². The van der Waals surface area contributed by atoms with Crippen LogP contribution in [0.15, 0.2) is 24.3 Å². The van der Waals surface area contributed by atoms with Crippen molar-refractivity contribution in [1.29, 1.82) is 0 Å². The average Bonchev–Trinajstić information content (AvgIpc) is 2.59. The van der Waals surface area contributed by atoms with Gasteiger partial charge in [-0.15, -0.1) is 0 Å². The van der Waals surface area contributed by atoms with Crippen molar-refractivity contribution in [3.63, 3.8) is 0 Å². The minimum absolute atomic E-state index is 0. The maximum absolute atomic E-state index is 12.2. The van der Waals surface area contributed by atoms with Crippen molar-refractivity contribution >= 4 is 17.7 Å². The van der Waals surface area contributed by atoms with Crippen molar-refractivity contribution in [3.05, 3.63) is 49.2 Å². The van der Waals surface area contributed by atoms with E-state index in [9.17, 15) is 14.4 Å². The van der Waals surface area contributed by atoms with Gasteiger partial charge < -0.3 is 39.4 Å². The van der Waals surface area contributed by atoms with Crippen molar-refractivity contribution in [1.82, 2.24) is 20.9 Å². The van der Waals surface area contributed by atoms with E-state index in [0.29, 0.717) is 32.7 Å². The van der Waals surface area contributed by atoms with E-state index in [0.717, 1.165) is 12.0 Å². The standard InChI is InChI=1S/C19H28N4O3.2Gd/c1-4-17-5-7-18(8-6-17)13-22-19(26)14-23(11-9-20-15(2)24)12-10-21-16(3)25;;/h5-8H,2-4,9-14H2,1H3,(H,20,24)(H,21,25)(H,22,26);;/q-2;;. The molecule has 0 aliphatic rings. The van der Waals surface area contributed by atoms with Crippen molar-refractivity contribution in [2.45, 2.75) is 19.9 Å². The molecule has 1 aromatic carbocycles. The molecule has 3 amide bonds. The van der Waals surface area contributed by atoms with Crippen LogP contribution in [-0.4, -0.2) is 55.3 Å². The number of amides is 3. The zero-order valence-electron chi connectivity index (χ0n) is 16.1. The van der Waals surface area contributed by atoms with Crippen molar-refractivity contribution in [3.8, 4) is 0 Å². The fourth-order valence-corrected chi connectivity index (χ4v) is 2.33. The molecule has 0 saturated heterocycles. The molecule has 28 heavy (non-hydrogen) atoms. The topological polar surface area (TPSA) is 90.5 Å². The van der Waals surface area contributed by atoms with Crippen LogP contribution in [0, 0.1) is 93.7 Å². The molecule has 9 heteroatoms. The van der Waals surface area contributed by atoms with E-state index < -0.39 is 0 Å². The second-order valence-electron chi connectivity index (χ2n) is 5.92. The van der Waals surface area contributed by atoms with Gasteiger partial charge in [0, 0.05) is 113 Å². The van der Waals surface area contributed by atoms with Crippen molar-refractivity contribution in [2.24, 2.45) is 0 Å². The zero-order valence-corrected chi connectivity index (χ0v) is 20.6. The molecule has 0 atom stereocenters. The summed E-state index contributed by atoms with van der Waals surface area (Å²) in [6.07, 6.45) is 0.981. The number of benzene rings is 1. The summed E-state index contributed by atoms with van der Waals surface area (Å²) in [7, 11) is 0. The second-order valence-corrected chi connectivity index (χ2v) is 5.92. The van der Waals surface area contributed by atoms with Crippen molar-refractivity contribution in [2.75, 3.05) is 32.7 Å². The van der Waals surface area contributed by atoms with Crippen LogP contribution in [0.25, 0.3) is 0 Å². The van der Waals surface area contributed by atoms with Gasteiger partial charge in [0.05, 0.1) is 18.4 Å².